The van der Waals surface area contributed by atoms with Gasteiger partial charge >= 0.3 is 0 Å². The number of hydrogen-bond acceptors (Lipinski definition) is 2. The van der Waals surface area contributed by atoms with Crippen molar-refractivity contribution in [3.8, 4) is 0 Å². The molecule has 5 heteroatoms. The number of nitrogens with one attached hydrogen (secondary N) is 1. The van der Waals surface area contributed by atoms with Crippen LogP contribution >= 0.6 is 23.2 Å². The third-order valence-electron chi connectivity index (χ3n) is 3.25. The number of allylic oxidation sites excluding steroid dienone is 2. The number of carbonyl (C=O) groups is 1. The van der Waals surface area contributed by atoms with E-state index in [1.54, 1.807) is 6.07 Å². The van der Waals surface area contributed by atoms with E-state index in [0.29, 0.717) is 28.7 Å². The van der Waals surface area contributed by atoms with E-state index in [9.17, 15) is 4.79 Å². The molecule has 19 heavy (non-hydrogen) atoms. The number of hydrogen-bond donors (Lipinski definition) is 2. The van der Waals surface area contributed by atoms with Crippen LogP contribution in [0, 0.1) is 5.92 Å². The van der Waals surface area contributed by atoms with Crippen LogP contribution in [0.4, 0.5) is 5.69 Å². The summed E-state index contributed by atoms with van der Waals surface area (Å²) in [5, 5.41) is 3.50. The van der Waals surface area contributed by atoms with Gasteiger partial charge in [-0.1, -0.05) is 35.4 Å². The Kier molecular flexibility index (Phi) is 4.72. The minimum absolute atomic E-state index is 0.167. The molecule has 1 aliphatic carbocycles. The number of rotatable bonds is 3. The Bertz CT molecular complexity index is 491. The molecule has 3 N–H and O–H groups in total. The highest BCUT2D eigenvalue weighted by atomic mass is 35.5. The Morgan fingerprint density at radius 3 is 2.79 bits per heavy atom. The lowest BCUT2D eigenvalue weighted by molar-refractivity contribution is 0.0946. The fraction of sp³-hybridized carbons (Fsp3) is 0.357. The molecule has 1 aromatic carbocycles. The molecule has 0 saturated heterocycles. The summed E-state index contributed by atoms with van der Waals surface area (Å²) in [5.74, 6) is 0.342. The second kappa shape index (κ2) is 6.31. The summed E-state index contributed by atoms with van der Waals surface area (Å²) in [4.78, 5) is 12.0. The van der Waals surface area contributed by atoms with Gasteiger partial charge in [-0.15, -0.1) is 0 Å². The normalized spacial score (nSPS) is 18.3. The van der Waals surface area contributed by atoms with Crippen molar-refractivity contribution in [1.29, 1.82) is 0 Å². The van der Waals surface area contributed by atoms with Crippen molar-refractivity contribution in [2.75, 3.05) is 12.3 Å². The van der Waals surface area contributed by atoms with Crippen LogP contribution in [-0.2, 0) is 0 Å². The Morgan fingerprint density at radius 1 is 1.37 bits per heavy atom. The second-order valence-corrected chi connectivity index (χ2v) is 5.51. The van der Waals surface area contributed by atoms with E-state index >= 15 is 0 Å². The summed E-state index contributed by atoms with van der Waals surface area (Å²) in [5.41, 5.74) is 6.45. The lowest BCUT2D eigenvalue weighted by Crippen LogP contribution is -2.29. The molecule has 3 nitrogen and oxygen atoms in total. The van der Waals surface area contributed by atoms with E-state index in [1.165, 1.54) is 6.07 Å². The van der Waals surface area contributed by atoms with Crippen molar-refractivity contribution in [3.63, 3.8) is 0 Å². The highest BCUT2D eigenvalue weighted by molar-refractivity contribution is 6.43. The predicted molar refractivity (Wildman–Crippen MR) is 79.7 cm³/mol. The topological polar surface area (TPSA) is 55.1 Å². The molecule has 1 aromatic rings. The molecule has 0 aromatic heterocycles. The molecule has 0 bridgehead atoms. The molecule has 0 spiro atoms. The van der Waals surface area contributed by atoms with E-state index in [2.05, 4.69) is 17.5 Å². The van der Waals surface area contributed by atoms with E-state index < -0.39 is 0 Å². The first-order chi connectivity index (χ1) is 9.08. The van der Waals surface area contributed by atoms with Crippen molar-refractivity contribution in [2.24, 2.45) is 5.92 Å². The van der Waals surface area contributed by atoms with Gasteiger partial charge in [-0.25, -0.2) is 0 Å². The van der Waals surface area contributed by atoms with Crippen molar-refractivity contribution in [2.45, 2.75) is 19.3 Å². The SMILES string of the molecule is Nc1cc(C(=O)NCC2CC=CCC2)cc(Cl)c1Cl. The largest absolute Gasteiger partial charge is 0.397 e. The molecular weight excluding hydrogens is 283 g/mol. The van der Waals surface area contributed by atoms with Gasteiger partial charge in [0.15, 0.2) is 0 Å². The second-order valence-electron chi connectivity index (χ2n) is 4.72. The number of anilines is 1. The summed E-state index contributed by atoms with van der Waals surface area (Å²) in [6.45, 7) is 0.670. The summed E-state index contributed by atoms with van der Waals surface area (Å²) in [6.07, 6.45) is 7.56. The molecule has 0 aliphatic heterocycles. The zero-order valence-electron chi connectivity index (χ0n) is 10.5. The minimum Gasteiger partial charge on any atom is -0.397 e. The molecular formula is C14H16Cl2N2O. The van der Waals surface area contributed by atoms with Crippen molar-refractivity contribution >= 4 is 34.8 Å². The molecule has 1 aliphatic rings. The highest BCUT2D eigenvalue weighted by Crippen LogP contribution is 2.29. The molecule has 1 atom stereocenters. The number of carbonyl (C=O) groups excluding carboxylic acids is 1. The Balaban J connectivity index is 1.98. The van der Waals surface area contributed by atoms with Gasteiger partial charge in [-0.05, 0) is 37.3 Å². The molecule has 0 radical (unpaired) electrons. The van der Waals surface area contributed by atoms with Crippen molar-refractivity contribution < 1.29 is 4.79 Å². The highest BCUT2D eigenvalue weighted by Gasteiger charge is 2.14. The fourth-order valence-corrected chi connectivity index (χ4v) is 2.46. The number of nitrogen functional groups attached to an aromatic ring is 1. The summed E-state index contributed by atoms with van der Waals surface area (Å²) < 4.78 is 0. The van der Waals surface area contributed by atoms with Gasteiger partial charge in [0.25, 0.3) is 5.91 Å². The van der Waals surface area contributed by atoms with E-state index in [-0.39, 0.29) is 10.9 Å². The smallest absolute Gasteiger partial charge is 0.251 e. The van der Waals surface area contributed by atoms with Gasteiger partial charge < -0.3 is 11.1 Å². The molecule has 0 saturated carbocycles. The quantitative estimate of drug-likeness (QED) is 0.661. The van der Waals surface area contributed by atoms with Gasteiger partial charge in [0.05, 0.1) is 15.7 Å². The maximum Gasteiger partial charge on any atom is 0.251 e. The first kappa shape index (κ1) is 14.2. The predicted octanol–water partition coefficient (Wildman–Crippen LogP) is 3.66. The number of nitrogens with two attached hydrogens (primary N) is 1. The first-order valence-corrected chi connectivity index (χ1v) is 7.01. The Labute approximate surface area is 122 Å². The van der Waals surface area contributed by atoms with Crippen molar-refractivity contribution in [3.05, 3.63) is 39.9 Å². The van der Waals surface area contributed by atoms with E-state index in [0.717, 1.165) is 19.3 Å². The maximum absolute atomic E-state index is 12.0. The van der Waals surface area contributed by atoms with E-state index in [1.807, 2.05) is 0 Å². The van der Waals surface area contributed by atoms with Crippen LogP contribution in [0.1, 0.15) is 29.6 Å². The Hall–Kier alpha value is -1.19. The minimum atomic E-state index is -0.167. The fourth-order valence-electron chi connectivity index (χ4n) is 2.12. The summed E-state index contributed by atoms with van der Waals surface area (Å²) >= 11 is 11.8. The number of benzene rings is 1. The summed E-state index contributed by atoms with van der Waals surface area (Å²) in [7, 11) is 0. The molecule has 0 heterocycles. The average Bonchev–Trinajstić information content (AvgIpc) is 2.42. The zero-order valence-corrected chi connectivity index (χ0v) is 12.0. The van der Waals surface area contributed by atoms with Crippen LogP contribution < -0.4 is 11.1 Å². The maximum atomic E-state index is 12.0. The number of halogens is 2. The molecule has 1 unspecified atom stereocenters. The van der Waals surface area contributed by atoms with Crippen LogP contribution in [0.2, 0.25) is 10.0 Å². The van der Waals surface area contributed by atoms with Crippen LogP contribution in [-0.4, -0.2) is 12.5 Å². The van der Waals surface area contributed by atoms with Crippen LogP contribution in [0.25, 0.3) is 0 Å². The lowest BCUT2D eigenvalue weighted by Gasteiger charge is -2.18. The molecule has 2 rings (SSSR count). The van der Waals surface area contributed by atoms with Crippen LogP contribution in [0.3, 0.4) is 0 Å². The molecule has 102 valence electrons. The van der Waals surface area contributed by atoms with Crippen LogP contribution in [0.15, 0.2) is 24.3 Å². The van der Waals surface area contributed by atoms with Gasteiger partial charge in [0.2, 0.25) is 0 Å². The van der Waals surface area contributed by atoms with Gasteiger partial charge in [-0.2, -0.15) is 0 Å². The van der Waals surface area contributed by atoms with Gasteiger partial charge in [0.1, 0.15) is 0 Å². The zero-order chi connectivity index (χ0) is 13.8. The summed E-state index contributed by atoms with van der Waals surface area (Å²) in [6, 6.07) is 3.08. The third kappa shape index (κ3) is 3.64. The van der Waals surface area contributed by atoms with Gasteiger partial charge in [-0.3, -0.25) is 4.79 Å². The Morgan fingerprint density at radius 2 is 2.16 bits per heavy atom. The van der Waals surface area contributed by atoms with Crippen molar-refractivity contribution in [1.82, 2.24) is 5.32 Å². The van der Waals surface area contributed by atoms with Gasteiger partial charge in [0, 0.05) is 12.1 Å². The standard InChI is InChI=1S/C14H16Cl2N2O/c15-11-6-10(7-12(17)13(11)16)14(19)18-8-9-4-2-1-3-5-9/h1-2,6-7,9H,3-5,8,17H2,(H,18,19). The first-order valence-electron chi connectivity index (χ1n) is 6.25. The third-order valence-corrected chi connectivity index (χ3v) is 4.06. The van der Waals surface area contributed by atoms with Crippen LogP contribution in [0.5, 0.6) is 0 Å². The average molecular weight is 299 g/mol. The van der Waals surface area contributed by atoms with E-state index in [4.69, 9.17) is 28.9 Å². The monoisotopic (exact) mass is 298 g/mol. The molecule has 1 amide bonds. The lowest BCUT2D eigenvalue weighted by atomic mass is 9.94. The number of amides is 1. The molecule has 0 fully saturated rings.